The van der Waals surface area contributed by atoms with Gasteiger partial charge in [-0.2, -0.15) is 0 Å². The molecule has 0 amide bonds. The standard InChI is InChI=1S/C10H10Cl2O/c1-7-2-3-9(10(12)13)8(6-7)4-5-11/h2-3,6H,4-5H2,1H3. The van der Waals surface area contributed by atoms with Crippen LogP contribution in [0.3, 0.4) is 0 Å². The molecule has 0 aliphatic heterocycles. The summed E-state index contributed by atoms with van der Waals surface area (Å²) in [5.74, 6) is 0.501. The van der Waals surface area contributed by atoms with Crippen molar-refractivity contribution in [1.29, 1.82) is 0 Å². The number of hydrogen-bond donors (Lipinski definition) is 0. The van der Waals surface area contributed by atoms with E-state index in [1.54, 1.807) is 6.07 Å². The minimum absolute atomic E-state index is 0.417. The van der Waals surface area contributed by atoms with Crippen LogP contribution in [-0.2, 0) is 6.42 Å². The second-order valence-corrected chi connectivity index (χ2v) is 3.59. The Labute approximate surface area is 87.7 Å². The third kappa shape index (κ3) is 2.71. The summed E-state index contributed by atoms with van der Waals surface area (Å²) in [7, 11) is 0. The topological polar surface area (TPSA) is 17.1 Å². The molecule has 1 nitrogen and oxygen atoms in total. The van der Waals surface area contributed by atoms with Gasteiger partial charge < -0.3 is 0 Å². The fourth-order valence-corrected chi connectivity index (χ4v) is 1.61. The van der Waals surface area contributed by atoms with Crippen LogP contribution in [0.2, 0.25) is 0 Å². The van der Waals surface area contributed by atoms with Crippen molar-refractivity contribution in [2.45, 2.75) is 13.3 Å². The molecule has 0 aliphatic carbocycles. The highest BCUT2D eigenvalue weighted by molar-refractivity contribution is 6.67. The minimum Gasteiger partial charge on any atom is -0.276 e. The summed E-state index contributed by atoms with van der Waals surface area (Å²) in [6.45, 7) is 1.97. The lowest BCUT2D eigenvalue weighted by atomic mass is 10.0. The molecule has 0 fully saturated rings. The Morgan fingerprint density at radius 1 is 1.46 bits per heavy atom. The van der Waals surface area contributed by atoms with Gasteiger partial charge >= 0.3 is 0 Å². The number of carbonyl (C=O) groups excluding carboxylic acids is 1. The summed E-state index contributed by atoms with van der Waals surface area (Å²) < 4.78 is 0. The lowest BCUT2D eigenvalue weighted by Gasteiger charge is -2.04. The Kier molecular flexibility index (Phi) is 3.76. The maximum atomic E-state index is 11.0. The van der Waals surface area contributed by atoms with Gasteiger partial charge in [-0.3, -0.25) is 4.79 Å². The van der Waals surface area contributed by atoms with Gasteiger partial charge in [0.25, 0.3) is 5.24 Å². The van der Waals surface area contributed by atoms with Crippen LogP contribution >= 0.6 is 23.2 Å². The highest BCUT2D eigenvalue weighted by Crippen LogP contribution is 2.15. The van der Waals surface area contributed by atoms with E-state index in [1.807, 2.05) is 19.1 Å². The van der Waals surface area contributed by atoms with Crippen molar-refractivity contribution in [2.75, 3.05) is 5.88 Å². The zero-order chi connectivity index (χ0) is 9.84. The average molecular weight is 217 g/mol. The maximum Gasteiger partial charge on any atom is 0.252 e. The molecule has 70 valence electrons. The minimum atomic E-state index is -0.417. The Morgan fingerprint density at radius 2 is 2.15 bits per heavy atom. The van der Waals surface area contributed by atoms with Crippen molar-refractivity contribution in [3.8, 4) is 0 Å². The van der Waals surface area contributed by atoms with Gasteiger partial charge in [0.2, 0.25) is 0 Å². The molecule has 0 spiro atoms. The monoisotopic (exact) mass is 216 g/mol. The van der Waals surface area contributed by atoms with Gasteiger partial charge in [0, 0.05) is 11.4 Å². The molecule has 0 bridgehead atoms. The first-order valence-electron chi connectivity index (χ1n) is 4.00. The van der Waals surface area contributed by atoms with E-state index in [4.69, 9.17) is 23.2 Å². The van der Waals surface area contributed by atoms with Crippen LogP contribution in [0, 0.1) is 6.92 Å². The Balaban J connectivity index is 3.10. The zero-order valence-corrected chi connectivity index (χ0v) is 8.82. The average Bonchev–Trinajstić information content (AvgIpc) is 2.04. The summed E-state index contributed by atoms with van der Waals surface area (Å²) in [6.07, 6.45) is 0.678. The molecule has 0 saturated carbocycles. The normalized spacial score (nSPS) is 10.1. The van der Waals surface area contributed by atoms with E-state index in [0.29, 0.717) is 17.9 Å². The molecule has 0 N–H and O–H groups in total. The van der Waals surface area contributed by atoms with E-state index in [9.17, 15) is 4.79 Å². The number of benzene rings is 1. The van der Waals surface area contributed by atoms with Crippen molar-refractivity contribution < 1.29 is 4.79 Å². The van der Waals surface area contributed by atoms with Crippen molar-refractivity contribution in [2.24, 2.45) is 0 Å². The molecule has 1 aromatic rings. The molecule has 1 aromatic carbocycles. The summed E-state index contributed by atoms with van der Waals surface area (Å²) >= 11 is 11.0. The van der Waals surface area contributed by atoms with Crippen molar-refractivity contribution in [3.63, 3.8) is 0 Å². The first-order valence-corrected chi connectivity index (χ1v) is 4.91. The number of rotatable bonds is 3. The fourth-order valence-electron chi connectivity index (χ4n) is 1.22. The number of halogens is 2. The molecule has 3 heteroatoms. The van der Waals surface area contributed by atoms with Gasteiger partial charge in [-0.1, -0.05) is 17.7 Å². The molecule has 0 saturated heterocycles. The largest absolute Gasteiger partial charge is 0.276 e. The van der Waals surface area contributed by atoms with Crippen LogP contribution in [0.25, 0.3) is 0 Å². The quantitative estimate of drug-likeness (QED) is 0.561. The van der Waals surface area contributed by atoms with Gasteiger partial charge in [-0.25, -0.2) is 0 Å². The first-order chi connectivity index (χ1) is 6.15. The highest BCUT2D eigenvalue weighted by atomic mass is 35.5. The van der Waals surface area contributed by atoms with Crippen LogP contribution in [0.15, 0.2) is 18.2 Å². The Bertz CT molecular complexity index is 321. The van der Waals surface area contributed by atoms with Crippen LogP contribution in [0.1, 0.15) is 21.5 Å². The molecule has 0 aliphatic rings. The van der Waals surface area contributed by atoms with E-state index in [0.717, 1.165) is 11.1 Å². The first kappa shape index (κ1) is 10.6. The molecule has 1 rings (SSSR count). The van der Waals surface area contributed by atoms with Crippen LogP contribution < -0.4 is 0 Å². The molecular weight excluding hydrogens is 207 g/mol. The second kappa shape index (κ2) is 4.64. The lowest BCUT2D eigenvalue weighted by molar-refractivity contribution is 0.108. The summed E-state index contributed by atoms with van der Waals surface area (Å²) in [4.78, 5) is 11.0. The molecule has 0 heterocycles. The Hall–Kier alpha value is -0.530. The number of carbonyl (C=O) groups is 1. The van der Waals surface area contributed by atoms with E-state index in [1.165, 1.54) is 0 Å². The highest BCUT2D eigenvalue weighted by Gasteiger charge is 2.07. The second-order valence-electron chi connectivity index (χ2n) is 2.87. The third-order valence-corrected chi connectivity index (χ3v) is 2.23. The van der Waals surface area contributed by atoms with Gasteiger partial charge in [-0.05, 0) is 36.6 Å². The van der Waals surface area contributed by atoms with Crippen LogP contribution in [0.4, 0.5) is 0 Å². The van der Waals surface area contributed by atoms with Gasteiger partial charge in [0.1, 0.15) is 0 Å². The predicted molar refractivity (Wildman–Crippen MR) is 55.8 cm³/mol. The van der Waals surface area contributed by atoms with Crippen molar-refractivity contribution in [3.05, 3.63) is 34.9 Å². The van der Waals surface area contributed by atoms with Crippen molar-refractivity contribution in [1.82, 2.24) is 0 Å². The predicted octanol–water partition coefficient (Wildman–Crippen LogP) is 3.16. The van der Waals surface area contributed by atoms with Crippen molar-refractivity contribution >= 4 is 28.4 Å². The number of alkyl halides is 1. The van der Waals surface area contributed by atoms with E-state index in [-0.39, 0.29) is 0 Å². The number of aryl methyl sites for hydroxylation is 2. The third-order valence-electron chi connectivity index (χ3n) is 1.84. The summed E-state index contributed by atoms with van der Waals surface area (Å²) in [6, 6.07) is 5.55. The summed E-state index contributed by atoms with van der Waals surface area (Å²) in [5, 5.41) is -0.417. The molecule has 0 unspecified atom stereocenters. The van der Waals surface area contributed by atoms with Crippen LogP contribution in [-0.4, -0.2) is 11.1 Å². The molecule has 0 aromatic heterocycles. The van der Waals surface area contributed by atoms with Gasteiger partial charge in [0.05, 0.1) is 0 Å². The summed E-state index contributed by atoms with van der Waals surface area (Å²) in [5.41, 5.74) is 2.60. The van der Waals surface area contributed by atoms with E-state index in [2.05, 4.69) is 0 Å². The SMILES string of the molecule is Cc1ccc(C(=O)Cl)c(CCCl)c1. The van der Waals surface area contributed by atoms with E-state index >= 15 is 0 Å². The lowest BCUT2D eigenvalue weighted by Crippen LogP contribution is -1.99. The smallest absolute Gasteiger partial charge is 0.252 e. The Morgan fingerprint density at radius 3 is 2.69 bits per heavy atom. The van der Waals surface area contributed by atoms with Crippen LogP contribution in [0.5, 0.6) is 0 Å². The zero-order valence-electron chi connectivity index (χ0n) is 7.31. The maximum absolute atomic E-state index is 11.0. The molecule has 0 radical (unpaired) electrons. The number of hydrogen-bond acceptors (Lipinski definition) is 1. The van der Waals surface area contributed by atoms with Gasteiger partial charge in [-0.15, -0.1) is 11.6 Å². The molecule has 13 heavy (non-hydrogen) atoms. The fraction of sp³-hybridized carbons (Fsp3) is 0.300. The van der Waals surface area contributed by atoms with Gasteiger partial charge in [0.15, 0.2) is 0 Å². The molecular formula is C10H10Cl2O. The van der Waals surface area contributed by atoms with E-state index < -0.39 is 5.24 Å². The molecule has 0 atom stereocenters.